The molecule has 2 rings (SSSR count). The van der Waals surface area contributed by atoms with Gasteiger partial charge in [0.1, 0.15) is 6.54 Å². The SMILES string of the molecule is CN1C(c2nnc(SC(=O)NN)s2)=NCC1[N+](=O)[O-]. The van der Waals surface area contributed by atoms with Crippen molar-refractivity contribution < 1.29 is 9.72 Å². The maximum Gasteiger partial charge on any atom is 0.307 e. The van der Waals surface area contributed by atoms with Gasteiger partial charge in [0, 0.05) is 23.7 Å². The highest BCUT2D eigenvalue weighted by atomic mass is 32.2. The first kappa shape index (κ1) is 13.6. The zero-order chi connectivity index (χ0) is 14.0. The van der Waals surface area contributed by atoms with Gasteiger partial charge in [0.25, 0.3) is 5.24 Å². The summed E-state index contributed by atoms with van der Waals surface area (Å²) >= 11 is 1.91. The minimum atomic E-state index is -0.887. The summed E-state index contributed by atoms with van der Waals surface area (Å²) in [7, 11) is 1.57. The maximum atomic E-state index is 11.1. The number of rotatable bonds is 3. The van der Waals surface area contributed by atoms with Crippen molar-refractivity contribution in [3.63, 3.8) is 0 Å². The van der Waals surface area contributed by atoms with Crippen LogP contribution in [0.5, 0.6) is 0 Å². The summed E-state index contributed by atoms with van der Waals surface area (Å²) in [6.45, 7) is 0.0736. The van der Waals surface area contributed by atoms with Crippen molar-refractivity contribution in [2.45, 2.75) is 10.5 Å². The molecule has 0 saturated heterocycles. The third-order valence-corrected chi connectivity index (χ3v) is 4.10. The number of hydrazine groups is 1. The van der Waals surface area contributed by atoms with Crippen molar-refractivity contribution in [1.29, 1.82) is 0 Å². The number of nitrogens with zero attached hydrogens (tertiary/aromatic N) is 5. The number of likely N-dealkylation sites (N-methyl/N-ethyl adjacent to an activating group) is 1. The molecule has 0 bridgehead atoms. The Kier molecular flexibility index (Phi) is 3.92. The van der Waals surface area contributed by atoms with Gasteiger partial charge in [0.2, 0.25) is 0 Å². The van der Waals surface area contributed by atoms with Gasteiger partial charge < -0.3 is 0 Å². The van der Waals surface area contributed by atoms with Crippen LogP contribution in [0.4, 0.5) is 4.79 Å². The molecular weight excluding hydrogens is 294 g/mol. The van der Waals surface area contributed by atoms with Gasteiger partial charge >= 0.3 is 6.17 Å². The van der Waals surface area contributed by atoms with Gasteiger partial charge in [0.05, 0.1) is 0 Å². The molecule has 1 amide bonds. The van der Waals surface area contributed by atoms with Crippen LogP contribution in [0.1, 0.15) is 5.01 Å². The second-order valence-electron chi connectivity index (χ2n) is 3.45. The Morgan fingerprint density at radius 1 is 1.68 bits per heavy atom. The molecule has 0 spiro atoms. The molecular formula is C7H9N7O3S2. The number of nitrogens with two attached hydrogens (primary N) is 1. The summed E-state index contributed by atoms with van der Waals surface area (Å²) in [4.78, 5) is 26.9. The van der Waals surface area contributed by atoms with Crippen molar-refractivity contribution >= 4 is 34.2 Å². The first-order valence-corrected chi connectivity index (χ1v) is 6.59. The summed E-state index contributed by atoms with van der Waals surface area (Å²) in [5.74, 6) is 5.35. The van der Waals surface area contributed by atoms with E-state index in [4.69, 9.17) is 5.84 Å². The minimum absolute atomic E-state index is 0.0736. The zero-order valence-corrected chi connectivity index (χ0v) is 11.3. The first-order valence-electron chi connectivity index (χ1n) is 4.96. The molecule has 3 N–H and O–H groups in total. The summed E-state index contributed by atoms with van der Waals surface area (Å²) in [5.41, 5.74) is 1.96. The highest BCUT2D eigenvalue weighted by Crippen LogP contribution is 2.25. The quantitative estimate of drug-likeness (QED) is 0.250. The van der Waals surface area contributed by atoms with Crippen LogP contribution >= 0.6 is 23.1 Å². The number of nitro groups is 1. The molecule has 19 heavy (non-hydrogen) atoms. The molecule has 0 saturated carbocycles. The molecule has 102 valence electrons. The van der Waals surface area contributed by atoms with E-state index in [1.807, 2.05) is 5.43 Å². The van der Waals surface area contributed by atoms with Gasteiger partial charge in [-0.25, -0.2) is 5.84 Å². The summed E-state index contributed by atoms with van der Waals surface area (Å²) in [6, 6.07) is 0. The molecule has 0 aliphatic carbocycles. The Bertz CT molecular complexity index is 545. The van der Waals surface area contributed by atoms with E-state index in [1.54, 1.807) is 7.05 Å². The van der Waals surface area contributed by atoms with Gasteiger partial charge in [-0.1, -0.05) is 11.3 Å². The third-order valence-electron chi connectivity index (χ3n) is 2.32. The molecule has 1 aromatic heterocycles. The van der Waals surface area contributed by atoms with E-state index in [1.165, 1.54) is 4.90 Å². The monoisotopic (exact) mass is 303 g/mol. The predicted octanol–water partition coefficient (Wildman–Crippen LogP) is -0.492. The lowest BCUT2D eigenvalue weighted by molar-refractivity contribution is -0.537. The molecule has 10 nitrogen and oxygen atoms in total. The Morgan fingerprint density at radius 3 is 3.00 bits per heavy atom. The standard InChI is InChI=1S/C7H9N7O3S2/c1-13-3(14(16)17)2-9-4(13)5-11-12-7(18-5)19-6(15)10-8/h3H,2,8H2,1H3,(H,10,15). The lowest BCUT2D eigenvalue weighted by Gasteiger charge is -2.14. The van der Waals surface area contributed by atoms with Gasteiger partial charge in [-0.2, -0.15) is 0 Å². The molecule has 1 unspecified atom stereocenters. The third kappa shape index (κ3) is 2.80. The van der Waals surface area contributed by atoms with E-state index < -0.39 is 16.3 Å². The molecule has 12 heteroatoms. The number of aliphatic imine (C=N–C) groups is 1. The fourth-order valence-electron chi connectivity index (χ4n) is 1.42. The number of amidine groups is 1. The van der Waals surface area contributed by atoms with Crippen LogP contribution in [0, 0.1) is 10.1 Å². The lowest BCUT2D eigenvalue weighted by atomic mass is 10.5. The minimum Gasteiger partial charge on any atom is -0.294 e. The van der Waals surface area contributed by atoms with Crippen molar-refractivity contribution in [1.82, 2.24) is 20.5 Å². The Labute approximate surface area is 115 Å². The van der Waals surface area contributed by atoms with Gasteiger partial charge in [0.15, 0.2) is 15.2 Å². The number of thioether (sulfide) groups is 1. The largest absolute Gasteiger partial charge is 0.307 e. The lowest BCUT2D eigenvalue weighted by Crippen LogP contribution is -2.38. The number of nitrogens with one attached hydrogen (secondary N) is 1. The van der Waals surface area contributed by atoms with E-state index >= 15 is 0 Å². The zero-order valence-electron chi connectivity index (χ0n) is 9.64. The van der Waals surface area contributed by atoms with Crippen LogP contribution in [0.3, 0.4) is 0 Å². The molecule has 1 aromatic rings. The van der Waals surface area contributed by atoms with E-state index in [2.05, 4.69) is 15.2 Å². The molecule has 2 heterocycles. The van der Waals surface area contributed by atoms with E-state index in [-0.39, 0.29) is 6.54 Å². The second-order valence-corrected chi connectivity index (χ2v) is 5.65. The first-order chi connectivity index (χ1) is 9.02. The fraction of sp³-hybridized carbons (Fsp3) is 0.429. The van der Waals surface area contributed by atoms with E-state index in [0.717, 1.165) is 23.1 Å². The van der Waals surface area contributed by atoms with Crippen LogP contribution in [-0.2, 0) is 0 Å². The predicted molar refractivity (Wildman–Crippen MR) is 68.4 cm³/mol. The van der Waals surface area contributed by atoms with Gasteiger partial charge in [-0.05, 0) is 0 Å². The number of hydrogen-bond acceptors (Lipinski definition) is 10. The Hall–Kier alpha value is -1.79. The Balaban J connectivity index is 2.12. The summed E-state index contributed by atoms with van der Waals surface area (Å²) in [5, 5.41) is 18.4. The average molecular weight is 303 g/mol. The van der Waals surface area contributed by atoms with Gasteiger partial charge in [-0.3, -0.25) is 30.2 Å². The fourth-order valence-corrected chi connectivity index (χ4v) is 2.98. The second kappa shape index (κ2) is 5.46. The normalized spacial score (nSPS) is 18.3. The highest BCUT2D eigenvalue weighted by Gasteiger charge is 2.35. The van der Waals surface area contributed by atoms with Crippen molar-refractivity contribution in [3.8, 4) is 0 Å². The van der Waals surface area contributed by atoms with Crippen molar-refractivity contribution in [2.75, 3.05) is 13.6 Å². The van der Waals surface area contributed by atoms with Crippen molar-refractivity contribution in [2.24, 2.45) is 10.8 Å². The molecule has 1 aliphatic rings. The van der Waals surface area contributed by atoms with Gasteiger partial charge in [-0.15, -0.1) is 10.2 Å². The smallest absolute Gasteiger partial charge is 0.294 e. The number of hydrogen-bond donors (Lipinski definition) is 2. The average Bonchev–Trinajstić information content (AvgIpc) is 2.95. The number of aromatic nitrogens is 2. The number of carbonyl (C=O) groups is 1. The molecule has 1 aliphatic heterocycles. The van der Waals surface area contributed by atoms with E-state index in [0.29, 0.717) is 15.2 Å². The molecule has 0 fully saturated rings. The van der Waals surface area contributed by atoms with Crippen LogP contribution in [-0.4, -0.2) is 50.9 Å². The molecule has 0 radical (unpaired) electrons. The summed E-state index contributed by atoms with van der Waals surface area (Å²) in [6.07, 6.45) is -0.887. The number of carbonyl (C=O) groups excluding carboxylic acids is 1. The molecule has 1 atom stereocenters. The topological polar surface area (TPSA) is 140 Å². The highest BCUT2D eigenvalue weighted by molar-refractivity contribution is 8.14. The summed E-state index contributed by atoms with van der Waals surface area (Å²) < 4.78 is 0.388. The van der Waals surface area contributed by atoms with Crippen LogP contribution in [0.25, 0.3) is 0 Å². The van der Waals surface area contributed by atoms with Crippen molar-refractivity contribution in [3.05, 3.63) is 15.1 Å². The van der Waals surface area contributed by atoms with Crippen LogP contribution < -0.4 is 11.3 Å². The Morgan fingerprint density at radius 2 is 2.42 bits per heavy atom. The van der Waals surface area contributed by atoms with Crippen LogP contribution in [0.15, 0.2) is 9.33 Å². The van der Waals surface area contributed by atoms with Crippen LogP contribution in [0.2, 0.25) is 0 Å². The number of amides is 1. The maximum absolute atomic E-state index is 11.1. The van der Waals surface area contributed by atoms with E-state index in [9.17, 15) is 14.9 Å². The molecule has 0 aromatic carbocycles.